The van der Waals surface area contributed by atoms with Crippen LogP contribution in [0, 0.1) is 5.92 Å². The molecule has 3 aromatic rings. The fourth-order valence-electron chi connectivity index (χ4n) is 3.34. The molecule has 0 unspecified atom stereocenters. The molecule has 1 saturated heterocycles. The number of carbonyl (C=O) groups is 2. The Balaban J connectivity index is 1.34. The molecule has 0 saturated carbocycles. The van der Waals surface area contributed by atoms with Gasteiger partial charge in [-0.3, -0.25) is 9.59 Å². The number of hydrogen-bond donors (Lipinski definition) is 1. The quantitative estimate of drug-likeness (QED) is 0.579. The van der Waals surface area contributed by atoms with E-state index < -0.39 is 0 Å². The van der Waals surface area contributed by atoms with E-state index >= 15 is 0 Å². The summed E-state index contributed by atoms with van der Waals surface area (Å²) < 4.78 is 11.2. The van der Waals surface area contributed by atoms with Gasteiger partial charge in [0.05, 0.1) is 18.3 Å². The lowest BCUT2D eigenvalue weighted by Gasteiger charge is -2.31. The topological polar surface area (TPSA) is 107 Å². The molecule has 3 heterocycles. The molecule has 1 aliphatic heterocycles. The molecule has 1 aromatic carbocycles. The summed E-state index contributed by atoms with van der Waals surface area (Å²) in [5.74, 6) is 0.731. The minimum Gasteiger partial charge on any atom is -0.493 e. The Kier molecular flexibility index (Phi) is 6.73. The lowest BCUT2D eigenvalue weighted by Crippen LogP contribution is -2.41. The van der Waals surface area contributed by atoms with Crippen LogP contribution in [0.1, 0.15) is 28.9 Å². The number of methoxy groups -OCH3 is 1. The summed E-state index contributed by atoms with van der Waals surface area (Å²) in [6.45, 7) is 1.36. The lowest BCUT2D eigenvalue weighted by molar-refractivity contribution is -0.121. The van der Waals surface area contributed by atoms with Crippen molar-refractivity contribution in [2.24, 2.45) is 5.92 Å². The van der Waals surface area contributed by atoms with Gasteiger partial charge in [0.25, 0.3) is 5.91 Å². The molecule has 2 amide bonds. The van der Waals surface area contributed by atoms with E-state index in [4.69, 9.17) is 9.47 Å². The van der Waals surface area contributed by atoms with Crippen molar-refractivity contribution in [1.29, 1.82) is 0 Å². The number of likely N-dealkylation sites (tertiary alicyclic amines) is 1. The van der Waals surface area contributed by atoms with Crippen LogP contribution in [0.15, 0.2) is 34.6 Å². The van der Waals surface area contributed by atoms with E-state index in [2.05, 4.69) is 20.5 Å². The molecule has 0 aliphatic carbocycles. The zero-order valence-electron chi connectivity index (χ0n) is 16.8. The minimum atomic E-state index is -0.149. The number of ether oxygens (including phenoxy) is 2. The summed E-state index contributed by atoms with van der Waals surface area (Å²) in [6.07, 6.45) is 1.20. The highest BCUT2D eigenvalue weighted by atomic mass is 32.1. The van der Waals surface area contributed by atoms with Gasteiger partial charge in [-0.25, -0.2) is 4.98 Å². The Hall–Kier alpha value is -3.05. The molecule has 31 heavy (non-hydrogen) atoms. The van der Waals surface area contributed by atoms with Crippen LogP contribution in [-0.2, 0) is 11.4 Å². The monoisotopic (exact) mass is 459 g/mol. The van der Waals surface area contributed by atoms with Gasteiger partial charge in [-0.1, -0.05) is 11.3 Å². The third-order valence-electron chi connectivity index (χ3n) is 5.01. The zero-order chi connectivity index (χ0) is 21.6. The summed E-state index contributed by atoms with van der Waals surface area (Å²) in [5.41, 5.74) is 4.68. The summed E-state index contributed by atoms with van der Waals surface area (Å²) in [4.78, 5) is 31.3. The van der Waals surface area contributed by atoms with Crippen LogP contribution >= 0.6 is 22.7 Å². The molecule has 1 N–H and O–H groups in total. The van der Waals surface area contributed by atoms with E-state index in [0.29, 0.717) is 54.7 Å². The average molecular weight is 460 g/mol. The maximum Gasteiger partial charge on any atom is 0.253 e. The van der Waals surface area contributed by atoms with Gasteiger partial charge in [0, 0.05) is 30.0 Å². The second-order valence-corrected chi connectivity index (χ2v) is 8.49. The van der Waals surface area contributed by atoms with Gasteiger partial charge in [0.15, 0.2) is 11.5 Å². The standard InChI is InChI=1S/C20H21N5O4S2/c1-28-17-8-14(2-3-16(17)29-9-15-10-30-11-21-15)19(27)25-6-4-13(5-7-25)18(26)23-20-24-22-12-31-20/h2-3,8,10-13H,4-7,9H2,1H3,(H,23,24,26). The van der Waals surface area contributed by atoms with Gasteiger partial charge in [0.2, 0.25) is 11.0 Å². The number of piperidine rings is 1. The van der Waals surface area contributed by atoms with Crippen LogP contribution in [0.3, 0.4) is 0 Å². The van der Waals surface area contributed by atoms with Crippen molar-refractivity contribution >= 4 is 39.6 Å². The molecule has 0 radical (unpaired) electrons. The van der Waals surface area contributed by atoms with Crippen LogP contribution in [0.5, 0.6) is 11.5 Å². The highest BCUT2D eigenvalue weighted by Gasteiger charge is 2.28. The number of aromatic nitrogens is 3. The van der Waals surface area contributed by atoms with E-state index in [1.807, 2.05) is 5.38 Å². The second-order valence-electron chi connectivity index (χ2n) is 6.93. The average Bonchev–Trinajstić information content (AvgIpc) is 3.51. The number of carbonyl (C=O) groups excluding carboxylic acids is 2. The molecule has 9 nitrogen and oxygen atoms in total. The Morgan fingerprint density at radius 2 is 2.06 bits per heavy atom. The van der Waals surface area contributed by atoms with Crippen molar-refractivity contribution in [2.75, 3.05) is 25.5 Å². The normalized spacial score (nSPS) is 14.3. The van der Waals surface area contributed by atoms with Gasteiger partial charge in [-0.2, -0.15) is 0 Å². The van der Waals surface area contributed by atoms with Crippen molar-refractivity contribution < 1.29 is 19.1 Å². The molecule has 162 valence electrons. The Morgan fingerprint density at radius 3 is 2.74 bits per heavy atom. The summed E-state index contributed by atoms with van der Waals surface area (Å²) in [6, 6.07) is 5.16. The van der Waals surface area contributed by atoms with Gasteiger partial charge in [0.1, 0.15) is 12.1 Å². The molecule has 2 aromatic heterocycles. The predicted molar refractivity (Wildman–Crippen MR) is 117 cm³/mol. The predicted octanol–water partition coefficient (Wildman–Crippen LogP) is 3.07. The molecule has 0 bridgehead atoms. The number of amides is 2. The molecule has 1 aliphatic rings. The first kappa shape index (κ1) is 21.2. The van der Waals surface area contributed by atoms with Crippen LogP contribution in [-0.4, -0.2) is 52.1 Å². The fourth-order valence-corrected chi connectivity index (χ4v) is 4.33. The van der Waals surface area contributed by atoms with E-state index in [9.17, 15) is 9.59 Å². The summed E-state index contributed by atoms with van der Waals surface area (Å²) >= 11 is 2.79. The fraction of sp³-hybridized carbons (Fsp3) is 0.350. The Morgan fingerprint density at radius 1 is 1.23 bits per heavy atom. The van der Waals surface area contributed by atoms with Crippen molar-refractivity contribution in [3.05, 3.63) is 45.9 Å². The van der Waals surface area contributed by atoms with Crippen molar-refractivity contribution in [1.82, 2.24) is 20.1 Å². The maximum atomic E-state index is 13.0. The highest BCUT2D eigenvalue weighted by molar-refractivity contribution is 7.13. The van der Waals surface area contributed by atoms with E-state index in [1.165, 1.54) is 22.7 Å². The zero-order valence-corrected chi connectivity index (χ0v) is 18.4. The first-order valence-electron chi connectivity index (χ1n) is 9.68. The Bertz CT molecular complexity index is 1020. The van der Waals surface area contributed by atoms with Crippen LogP contribution in [0.4, 0.5) is 5.13 Å². The number of nitrogens with zero attached hydrogens (tertiary/aromatic N) is 4. The third-order valence-corrected chi connectivity index (χ3v) is 6.25. The van der Waals surface area contributed by atoms with Gasteiger partial charge < -0.3 is 19.7 Å². The first-order chi connectivity index (χ1) is 15.1. The number of anilines is 1. The van der Waals surface area contributed by atoms with Gasteiger partial charge in [-0.05, 0) is 31.0 Å². The molecular formula is C20H21N5O4S2. The molecule has 4 rings (SSSR count). The number of benzene rings is 1. The van der Waals surface area contributed by atoms with Gasteiger partial charge >= 0.3 is 0 Å². The minimum absolute atomic E-state index is 0.0767. The maximum absolute atomic E-state index is 13.0. The van der Waals surface area contributed by atoms with Gasteiger partial charge in [-0.15, -0.1) is 21.5 Å². The van der Waals surface area contributed by atoms with Crippen molar-refractivity contribution in [3.63, 3.8) is 0 Å². The van der Waals surface area contributed by atoms with E-state index in [0.717, 1.165) is 5.69 Å². The molecular weight excluding hydrogens is 438 g/mol. The summed E-state index contributed by atoms with van der Waals surface area (Å²) in [5, 5.41) is 12.7. The number of nitrogens with one attached hydrogen (secondary N) is 1. The lowest BCUT2D eigenvalue weighted by atomic mass is 9.95. The van der Waals surface area contributed by atoms with E-state index in [-0.39, 0.29) is 17.7 Å². The number of hydrogen-bond acceptors (Lipinski definition) is 9. The van der Waals surface area contributed by atoms with Crippen LogP contribution in [0.2, 0.25) is 0 Å². The number of thiazole rings is 1. The van der Waals surface area contributed by atoms with Crippen molar-refractivity contribution in [2.45, 2.75) is 19.4 Å². The van der Waals surface area contributed by atoms with Crippen LogP contribution in [0.25, 0.3) is 0 Å². The third kappa shape index (κ3) is 5.17. The molecule has 11 heteroatoms. The SMILES string of the molecule is COc1cc(C(=O)N2CCC(C(=O)Nc3nncs3)CC2)ccc1OCc1cscn1. The Labute approximate surface area is 187 Å². The largest absolute Gasteiger partial charge is 0.493 e. The molecule has 0 spiro atoms. The van der Waals surface area contributed by atoms with Crippen LogP contribution < -0.4 is 14.8 Å². The number of rotatable bonds is 7. The van der Waals surface area contributed by atoms with Crippen molar-refractivity contribution in [3.8, 4) is 11.5 Å². The summed E-state index contributed by atoms with van der Waals surface area (Å²) in [7, 11) is 1.54. The highest BCUT2D eigenvalue weighted by Crippen LogP contribution is 2.30. The molecule has 0 atom stereocenters. The first-order valence-corrected chi connectivity index (χ1v) is 11.5. The van der Waals surface area contributed by atoms with E-state index in [1.54, 1.807) is 41.2 Å². The smallest absolute Gasteiger partial charge is 0.253 e. The molecule has 1 fully saturated rings. The second kappa shape index (κ2) is 9.84.